The molecular weight excluding hydrogens is 232 g/mol. The normalized spacial score (nSPS) is 51.5. The fourth-order valence-electron chi connectivity index (χ4n) is 6.25. The van der Waals surface area contributed by atoms with E-state index in [0.717, 1.165) is 23.7 Å². The Labute approximate surface area is 116 Å². The predicted molar refractivity (Wildman–Crippen MR) is 75.3 cm³/mol. The van der Waals surface area contributed by atoms with E-state index in [2.05, 4.69) is 24.3 Å². The highest BCUT2D eigenvalue weighted by Crippen LogP contribution is 2.64. The summed E-state index contributed by atoms with van der Waals surface area (Å²) in [5.74, 6) is 3.80. The fourth-order valence-corrected chi connectivity index (χ4v) is 6.25. The molecule has 4 aliphatic rings. The van der Waals surface area contributed by atoms with Crippen LogP contribution in [0.3, 0.4) is 0 Å². The Hall–Kier alpha value is -0.560. The molecule has 0 heterocycles. The van der Waals surface area contributed by atoms with Gasteiger partial charge in [-0.05, 0) is 54.8 Å². The summed E-state index contributed by atoms with van der Waals surface area (Å²) >= 11 is 0. The van der Waals surface area contributed by atoms with Crippen molar-refractivity contribution in [3.63, 3.8) is 0 Å². The van der Waals surface area contributed by atoms with E-state index in [1.54, 1.807) is 0 Å². The van der Waals surface area contributed by atoms with E-state index in [9.17, 15) is 5.11 Å². The second kappa shape index (κ2) is 4.48. The molecule has 0 aromatic carbocycles. The number of allylic oxidation sites excluding steroid dienone is 4. The van der Waals surface area contributed by atoms with Gasteiger partial charge in [0.05, 0.1) is 0 Å². The van der Waals surface area contributed by atoms with Crippen molar-refractivity contribution in [3.05, 3.63) is 24.3 Å². The monoisotopic (exact) mass is 257 g/mol. The summed E-state index contributed by atoms with van der Waals surface area (Å²) in [6, 6.07) is 0. The maximum atomic E-state index is 11.7. The lowest BCUT2D eigenvalue weighted by atomic mass is 9.57. The van der Waals surface area contributed by atoms with Crippen LogP contribution in [0, 0.1) is 35.0 Å². The molecule has 1 nitrogen and oxygen atoms in total. The third-order valence-corrected chi connectivity index (χ3v) is 6.96. The summed E-state index contributed by atoms with van der Waals surface area (Å²) in [6.45, 7) is 0.185. The van der Waals surface area contributed by atoms with Crippen molar-refractivity contribution in [2.75, 3.05) is 6.61 Å². The molecule has 3 fully saturated rings. The smallest absolute Gasteiger partial charge is 0.0136 e. The van der Waals surface area contributed by atoms with Gasteiger partial charge in [0.1, 0.15) is 0 Å². The van der Waals surface area contributed by atoms with Crippen molar-refractivity contribution in [3.8, 4) is 0 Å². The number of rotatable bonds is 1. The van der Waals surface area contributed by atoms with E-state index in [1.807, 2.05) is 0 Å². The van der Waals surface area contributed by atoms with Crippen LogP contribution in [0.1, 0.15) is 44.9 Å². The first-order chi connectivity index (χ1) is 9.35. The first kappa shape index (κ1) is 12.2. The van der Waals surface area contributed by atoms with Crippen LogP contribution in [0.15, 0.2) is 24.3 Å². The van der Waals surface area contributed by atoms with E-state index >= 15 is 0 Å². The molecule has 4 aliphatic carbocycles. The van der Waals surface area contributed by atoms with Gasteiger partial charge in [0.15, 0.2) is 0 Å². The molecule has 1 heteroatoms. The fraction of sp³-hybridized carbons (Fsp3) is 0.778. The summed E-state index contributed by atoms with van der Waals surface area (Å²) < 4.78 is 0. The topological polar surface area (TPSA) is 23.1 Å². The van der Waals surface area contributed by atoms with Gasteiger partial charge in [-0.3, -0.25) is 0 Å². The lowest BCUT2D eigenvalue weighted by molar-refractivity contribution is -0.386. The molecule has 1 spiro atoms. The maximum Gasteiger partial charge on any atom is -0.0136 e. The van der Waals surface area contributed by atoms with Gasteiger partial charge >= 0.3 is 0 Å². The highest BCUT2D eigenvalue weighted by molar-refractivity contribution is 5.21. The van der Waals surface area contributed by atoms with E-state index in [4.69, 9.17) is 0 Å². The Kier molecular flexibility index (Phi) is 2.88. The SMILES string of the molecule is [O-]C[C@@H]1CCC[C@@]12CCCC1C3C=CC=CC3CC12. The quantitative estimate of drug-likeness (QED) is 0.707. The molecule has 0 amide bonds. The Morgan fingerprint density at radius 1 is 1.05 bits per heavy atom. The van der Waals surface area contributed by atoms with Gasteiger partial charge in [0.25, 0.3) is 0 Å². The van der Waals surface area contributed by atoms with Gasteiger partial charge in [-0.1, -0.05) is 49.5 Å². The molecule has 4 unspecified atom stereocenters. The van der Waals surface area contributed by atoms with Crippen LogP contribution in [-0.2, 0) is 0 Å². The molecule has 104 valence electrons. The molecule has 0 N–H and O–H groups in total. The first-order valence-electron chi connectivity index (χ1n) is 8.28. The molecule has 0 aliphatic heterocycles. The van der Waals surface area contributed by atoms with E-state index in [1.165, 1.54) is 44.9 Å². The largest absolute Gasteiger partial charge is 0.854 e. The second-order valence-corrected chi connectivity index (χ2v) is 7.40. The Morgan fingerprint density at radius 2 is 1.84 bits per heavy atom. The number of hydrogen-bond donors (Lipinski definition) is 0. The first-order valence-corrected chi connectivity index (χ1v) is 8.28. The molecule has 19 heavy (non-hydrogen) atoms. The lowest BCUT2D eigenvalue weighted by Gasteiger charge is -2.49. The van der Waals surface area contributed by atoms with Gasteiger partial charge < -0.3 is 5.11 Å². The van der Waals surface area contributed by atoms with Crippen molar-refractivity contribution in [1.29, 1.82) is 0 Å². The van der Waals surface area contributed by atoms with Crippen LogP contribution in [-0.4, -0.2) is 6.61 Å². The predicted octanol–water partition coefficient (Wildman–Crippen LogP) is 3.31. The van der Waals surface area contributed by atoms with Gasteiger partial charge in [0, 0.05) is 0 Å². The summed E-state index contributed by atoms with van der Waals surface area (Å²) in [5.41, 5.74) is 0.448. The molecule has 0 radical (unpaired) electrons. The number of fused-ring (bicyclic) bond motifs is 4. The van der Waals surface area contributed by atoms with Gasteiger partial charge in [-0.25, -0.2) is 0 Å². The maximum absolute atomic E-state index is 11.7. The zero-order valence-corrected chi connectivity index (χ0v) is 11.8. The van der Waals surface area contributed by atoms with Gasteiger partial charge in [-0.2, -0.15) is 0 Å². The zero-order chi connectivity index (χ0) is 12.9. The summed E-state index contributed by atoms with van der Waals surface area (Å²) in [6.07, 6.45) is 18.8. The molecule has 6 atom stereocenters. The van der Waals surface area contributed by atoms with Gasteiger partial charge in [0.2, 0.25) is 0 Å². The standard InChI is InChI=1S/C18H25O/c19-12-14-6-3-9-18(14)10-4-8-16-15-7-2-1-5-13(15)11-17(16)18/h1-2,5,7,13-17H,3-4,6,8-12H2/q-1/t13?,14-,15?,16?,17?,18+/m0/s1. The average Bonchev–Trinajstić information content (AvgIpc) is 3.02. The molecule has 3 saturated carbocycles. The van der Waals surface area contributed by atoms with Gasteiger partial charge in [-0.15, -0.1) is 6.61 Å². The van der Waals surface area contributed by atoms with Crippen LogP contribution >= 0.6 is 0 Å². The Bertz CT molecular complexity index is 410. The third-order valence-electron chi connectivity index (χ3n) is 6.96. The lowest BCUT2D eigenvalue weighted by Crippen LogP contribution is -2.43. The Balaban J connectivity index is 1.68. The van der Waals surface area contributed by atoms with Crippen LogP contribution < -0.4 is 5.11 Å². The second-order valence-electron chi connectivity index (χ2n) is 7.40. The van der Waals surface area contributed by atoms with Crippen molar-refractivity contribution in [2.24, 2.45) is 35.0 Å². The van der Waals surface area contributed by atoms with Crippen LogP contribution in [0.4, 0.5) is 0 Å². The molecular formula is C18H25O-. The van der Waals surface area contributed by atoms with Crippen LogP contribution in [0.25, 0.3) is 0 Å². The van der Waals surface area contributed by atoms with Crippen LogP contribution in [0.2, 0.25) is 0 Å². The third kappa shape index (κ3) is 1.63. The minimum absolute atomic E-state index is 0.185. The molecule has 0 aromatic heterocycles. The highest BCUT2D eigenvalue weighted by Gasteiger charge is 2.56. The van der Waals surface area contributed by atoms with E-state index in [0.29, 0.717) is 11.3 Å². The summed E-state index contributed by atoms with van der Waals surface area (Å²) in [4.78, 5) is 0. The van der Waals surface area contributed by atoms with Crippen molar-refractivity contribution >= 4 is 0 Å². The Morgan fingerprint density at radius 3 is 2.68 bits per heavy atom. The molecule has 0 aromatic rings. The average molecular weight is 257 g/mol. The van der Waals surface area contributed by atoms with Crippen molar-refractivity contribution in [2.45, 2.75) is 44.9 Å². The highest BCUT2D eigenvalue weighted by atomic mass is 16.3. The van der Waals surface area contributed by atoms with Crippen molar-refractivity contribution in [1.82, 2.24) is 0 Å². The van der Waals surface area contributed by atoms with Crippen LogP contribution in [0.5, 0.6) is 0 Å². The zero-order valence-electron chi connectivity index (χ0n) is 11.8. The number of hydrogen-bond acceptors (Lipinski definition) is 1. The molecule has 0 saturated heterocycles. The minimum atomic E-state index is 0.185. The molecule has 4 rings (SSSR count). The minimum Gasteiger partial charge on any atom is -0.854 e. The van der Waals surface area contributed by atoms with E-state index in [-0.39, 0.29) is 6.61 Å². The molecule has 0 bridgehead atoms. The summed E-state index contributed by atoms with van der Waals surface area (Å²) in [5, 5.41) is 11.7. The van der Waals surface area contributed by atoms with Crippen molar-refractivity contribution < 1.29 is 5.11 Å². The van der Waals surface area contributed by atoms with E-state index < -0.39 is 0 Å². The summed E-state index contributed by atoms with van der Waals surface area (Å²) in [7, 11) is 0.